The van der Waals surface area contributed by atoms with Gasteiger partial charge in [0, 0.05) is 63.8 Å². The molecule has 0 spiro atoms. The standard InChI is InChI=1S/C27H36N8O3/c1-33-9-3-5-23(36)34(2)10-4-8-28-25-24-21(27(37)32-26(24)31-18-30-25)16-29-20-6-7-22(19(15-20)17-33)35-11-13-38-14-12-35/h6-7,15-16,18,29H,3-5,8-14,17H2,1-2H3,(H2,28,30,31,32,37)/b21-16+. The van der Waals surface area contributed by atoms with E-state index < -0.39 is 0 Å². The second kappa shape index (κ2) is 11.8. The van der Waals surface area contributed by atoms with Gasteiger partial charge in [-0.3, -0.25) is 9.59 Å². The highest BCUT2D eigenvalue weighted by Gasteiger charge is 2.29. The molecule has 38 heavy (non-hydrogen) atoms. The number of carbonyl (C=O) groups is 2. The number of carbonyl (C=O) groups excluding carboxylic acids is 2. The zero-order chi connectivity index (χ0) is 26.5. The third-order valence-corrected chi connectivity index (χ3v) is 7.17. The first kappa shape index (κ1) is 25.9. The highest BCUT2D eigenvalue weighted by atomic mass is 16.5. The molecule has 1 fully saturated rings. The molecule has 0 atom stereocenters. The summed E-state index contributed by atoms with van der Waals surface area (Å²) in [5.41, 5.74) is 4.38. The van der Waals surface area contributed by atoms with Crippen molar-refractivity contribution in [3.05, 3.63) is 41.9 Å². The van der Waals surface area contributed by atoms with Gasteiger partial charge in [-0.05, 0) is 50.2 Å². The van der Waals surface area contributed by atoms with E-state index in [0.717, 1.165) is 44.7 Å². The largest absolute Gasteiger partial charge is 0.378 e. The molecule has 1 aromatic heterocycles. The Bertz CT molecular complexity index is 1210. The average Bonchev–Trinajstić information content (AvgIpc) is 3.25. The van der Waals surface area contributed by atoms with Crippen molar-refractivity contribution in [1.29, 1.82) is 0 Å². The predicted octanol–water partition coefficient (Wildman–Crippen LogP) is 2.20. The lowest BCUT2D eigenvalue weighted by Crippen LogP contribution is -2.37. The number of aromatic nitrogens is 2. The number of benzene rings is 1. The number of hydrogen-bond acceptors (Lipinski definition) is 9. The minimum atomic E-state index is -0.225. The van der Waals surface area contributed by atoms with Gasteiger partial charge in [0.2, 0.25) is 5.91 Å². The Labute approximate surface area is 223 Å². The molecule has 0 radical (unpaired) electrons. The molecule has 11 nitrogen and oxygen atoms in total. The molecule has 1 aromatic carbocycles. The first-order valence-corrected chi connectivity index (χ1v) is 13.2. The zero-order valence-electron chi connectivity index (χ0n) is 22.1. The van der Waals surface area contributed by atoms with E-state index in [1.807, 2.05) is 13.1 Å². The lowest BCUT2D eigenvalue weighted by Gasteiger charge is -2.32. The Kier molecular flexibility index (Phi) is 8.04. The summed E-state index contributed by atoms with van der Waals surface area (Å²) in [6.07, 6.45) is 5.25. The van der Waals surface area contributed by atoms with Gasteiger partial charge in [-0.2, -0.15) is 0 Å². The van der Waals surface area contributed by atoms with Crippen LogP contribution in [0.15, 0.2) is 30.7 Å². The first-order valence-electron chi connectivity index (χ1n) is 13.2. The van der Waals surface area contributed by atoms with Crippen LogP contribution in [0.25, 0.3) is 5.57 Å². The Morgan fingerprint density at radius 2 is 1.79 bits per heavy atom. The van der Waals surface area contributed by atoms with Crippen LogP contribution in [0, 0.1) is 0 Å². The number of fused-ring (bicyclic) bond motifs is 2. The molecule has 2 bridgehead atoms. The first-order chi connectivity index (χ1) is 18.5. The second-order valence-electron chi connectivity index (χ2n) is 9.98. The van der Waals surface area contributed by atoms with Crippen LogP contribution in [0.2, 0.25) is 0 Å². The van der Waals surface area contributed by atoms with Gasteiger partial charge in [-0.15, -0.1) is 0 Å². The molecule has 11 heteroatoms. The lowest BCUT2D eigenvalue weighted by molar-refractivity contribution is -0.130. The van der Waals surface area contributed by atoms with Crippen molar-refractivity contribution in [3.8, 4) is 0 Å². The Hall–Kier alpha value is -3.70. The maximum absolute atomic E-state index is 12.8. The maximum atomic E-state index is 12.8. The van der Waals surface area contributed by atoms with Gasteiger partial charge in [0.1, 0.15) is 18.0 Å². The van der Waals surface area contributed by atoms with Crippen LogP contribution in [0.1, 0.15) is 30.4 Å². The molecule has 5 rings (SSSR count). The highest BCUT2D eigenvalue weighted by molar-refractivity contribution is 6.32. The van der Waals surface area contributed by atoms with E-state index in [1.165, 1.54) is 17.6 Å². The minimum Gasteiger partial charge on any atom is -0.378 e. The van der Waals surface area contributed by atoms with E-state index >= 15 is 0 Å². The van der Waals surface area contributed by atoms with E-state index in [0.29, 0.717) is 55.5 Å². The fourth-order valence-corrected chi connectivity index (χ4v) is 5.07. The van der Waals surface area contributed by atoms with Gasteiger partial charge in [-0.25, -0.2) is 9.97 Å². The Morgan fingerprint density at radius 3 is 2.63 bits per heavy atom. The summed E-state index contributed by atoms with van der Waals surface area (Å²) in [7, 11) is 3.95. The quantitative estimate of drug-likeness (QED) is 0.521. The van der Waals surface area contributed by atoms with Crippen LogP contribution in [0.4, 0.5) is 23.0 Å². The van der Waals surface area contributed by atoms with Crippen molar-refractivity contribution in [2.45, 2.75) is 25.8 Å². The fourth-order valence-electron chi connectivity index (χ4n) is 5.07. The molecule has 2 aromatic rings. The minimum absolute atomic E-state index is 0.152. The molecular formula is C27H36N8O3. The van der Waals surface area contributed by atoms with Crippen molar-refractivity contribution < 1.29 is 14.3 Å². The summed E-state index contributed by atoms with van der Waals surface area (Å²) >= 11 is 0. The number of nitrogens with one attached hydrogen (secondary N) is 3. The average molecular weight is 521 g/mol. The molecule has 0 aliphatic carbocycles. The smallest absolute Gasteiger partial charge is 0.259 e. The van der Waals surface area contributed by atoms with Crippen LogP contribution in [0.3, 0.4) is 0 Å². The molecule has 1 saturated heterocycles. The summed E-state index contributed by atoms with van der Waals surface area (Å²) in [5, 5.41) is 9.51. The molecule has 3 aliphatic heterocycles. The van der Waals surface area contributed by atoms with Crippen LogP contribution in [-0.4, -0.2) is 91.6 Å². The van der Waals surface area contributed by atoms with Crippen LogP contribution in [0.5, 0.6) is 0 Å². The Morgan fingerprint density at radius 1 is 0.974 bits per heavy atom. The SMILES string of the molecule is CN1CCCC(=O)N(C)CCCNc2ncnc3c2/C(=C\Nc2ccc(N4CCOCC4)c(c2)C1)C(=O)N3. The van der Waals surface area contributed by atoms with E-state index in [2.05, 4.69) is 54.9 Å². The molecule has 2 amide bonds. The van der Waals surface area contributed by atoms with Gasteiger partial charge in [0.15, 0.2) is 0 Å². The third-order valence-electron chi connectivity index (χ3n) is 7.17. The number of rotatable bonds is 1. The van der Waals surface area contributed by atoms with Gasteiger partial charge in [-0.1, -0.05) is 0 Å². The van der Waals surface area contributed by atoms with E-state index in [1.54, 1.807) is 11.1 Å². The van der Waals surface area contributed by atoms with Crippen molar-refractivity contribution >= 4 is 40.4 Å². The van der Waals surface area contributed by atoms with Crippen molar-refractivity contribution in [3.63, 3.8) is 0 Å². The van der Waals surface area contributed by atoms with Gasteiger partial charge < -0.3 is 35.4 Å². The summed E-state index contributed by atoms with van der Waals surface area (Å²) in [6.45, 7) is 5.95. The summed E-state index contributed by atoms with van der Waals surface area (Å²) < 4.78 is 5.57. The van der Waals surface area contributed by atoms with E-state index in [9.17, 15) is 9.59 Å². The van der Waals surface area contributed by atoms with Crippen LogP contribution >= 0.6 is 0 Å². The molecule has 3 N–H and O–H groups in total. The van der Waals surface area contributed by atoms with Gasteiger partial charge in [0.25, 0.3) is 5.91 Å². The maximum Gasteiger partial charge on any atom is 0.259 e. The van der Waals surface area contributed by atoms with Crippen LogP contribution in [-0.2, 0) is 20.9 Å². The summed E-state index contributed by atoms with van der Waals surface area (Å²) in [6, 6.07) is 6.31. The summed E-state index contributed by atoms with van der Waals surface area (Å²) in [5.74, 6) is 1.01. The number of anilines is 4. The number of hydrogen-bond donors (Lipinski definition) is 3. The highest BCUT2D eigenvalue weighted by Crippen LogP contribution is 2.35. The van der Waals surface area contributed by atoms with E-state index in [4.69, 9.17) is 4.74 Å². The van der Waals surface area contributed by atoms with Crippen molar-refractivity contribution in [2.24, 2.45) is 0 Å². The zero-order valence-corrected chi connectivity index (χ0v) is 22.1. The fraction of sp³-hybridized carbons (Fsp3) is 0.481. The van der Waals surface area contributed by atoms with Crippen LogP contribution < -0.4 is 20.9 Å². The number of morpholine rings is 1. The molecule has 3 aliphatic rings. The molecular weight excluding hydrogens is 484 g/mol. The van der Waals surface area contributed by atoms with Gasteiger partial charge >= 0.3 is 0 Å². The monoisotopic (exact) mass is 520 g/mol. The second-order valence-corrected chi connectivity index (χ2v) is 9.98. The predicted molar refractivity (Wildman–Crippen MR) is 148 cm³/mol. The normalized spacial score (nSPS) is 21.2. The van der Waals surface area contributed by atoms with Crippen molar-refractivity contribution in [1.82, 2.24) is 19.8 Å². The number of nitrogens with zero attached hydrogens (tertiary/aromatic N) is 5. The van der Waals surface area contributed by atoms with E-state index in [-0.39, 0.29) is 11.8 Å². The molecule has 0 saturated carbocycles. The third kappa shape index (κ3) is 5.89. The molecule has 0 unspecified atom stereocenters. The topological polar surface area (TPSA) is 115 Å². The molecule has 202 valence electrons. The van der Waals surface area contributed by atoms with Crippen molar-refractivity contribution in [2.75, 3.05) is 80.9 Å². The van der Waals surface area contributed by atoms with Gasteiger partial charge in [0.05, 0.1) is 24.4 Å². The number of ether oxygens (including phenoxy) is 1. The molecule has 4 heterocycles. The summed E-state index contributed by atoms with van der Waals surface area (Å²) in [4.78, 5) is 40.6. The Balaban J connectivity index is 1.47. The number of amides is 2. The lowest BCUT2D eigenvalue weighted by atomic mass is 10.1.